The van der Waals surface area contributed by atoms with Gasteiger partial charge < -0.3 is 0 Å². The van der Waals surface area contributed by atoms with Crippen molar-refractivity contribution >= 4 is 17.8 Å². The Kier molecular flexibility index (Phi) is 3.49. The SMILES string of the molecule is CC(=O)c1ccc([N+](=O)[O-])c(C=O)c1C(F)(F)F. The van der Waals surface area contributed by atoms with Crippen molar-refractivity contribution in [1.29, 1.82) is 0 Å². The van der Waals surface area contributed by atoms with Crippen molar-refractivity contribution in [2.24, 2.45) is 0 Å². The Hall–Kier alpha value is -2.25. The van der Waals surface area contributed by atoms with Gasteiger partial charge in [0.25, 0.3) is 5.69 Å². The average Bonchev–Trinajstić information content (AvgIpc) is 2.25. The Balaban J connectivity index is 3.78. The highest BCUT2D eigenvalue weighted by atomic mass is 19.4. The average molecular weight is 261 g/mol. The lowest BCUT2D eigenvalue weighted by molar-refractivity contribution is -0.385. The number of rotatable bonds is 3. The molecule has 0 aliphatic heterocycles. The van der Waals surface area contributed by atoms with E-state index in [4.69, 9.17) is 0 Å². The summed E-state index contributed by atoms with van der Waals surface area (Å²) in [5.41, 5.74) is -4.46. The molecule has 0 saturated carbocycles. The fraction of sp³-hybridized carbons (Fsp3) is 0.200. The molecule has 0 amide bonds. The van der Waals surface area contributed by atoms with Gasteiger partial charge in [-0.3, -0.25) is 19.7 Å². The Morgan fingerprint density at radius 2 is 1.94 bits per heavy atom. The fourth-order valence-corrected chi connectivity index (χ4v) is 1.49. The second kappa shape index (κ2) is 4.55. The summed E-state index contributed by atoms with van der Waals surface area (Å²) in [5, 5.41) is 10.5. The molecule has 5 nitrogen and oxygen atoms in total. The first kappa shape index (κ1) is 13.8. The lowest BCUT2D eigenvalue weighted by Crippen LogP contribution is -2.16. The van der Waals surface area contributed by atoms with Crippen LogP contribution in [0.25, 0.3) is 0 Å². The highest BCUT2D eigenvalue weighted by molar-refractivity contribution is 5.99. The smallest absolute Gasteiger partial charge is 0.298 e. The lowest BCUT2D eigenvalue weighted by atomic mass is 9.97. The fourth-order valence-electron chi connectivity index (χ4n) is 1.49. The van der Waals surface area contributed by atoms with Gasteiger partial charge in [0.05, 0.1) is 10.5 Å². The third-order valence-electron chi connectivity index (χ3n) is 2.20. The minimum Gasteiger partial charge on any atom is -0.298 e. The van der Waals surface area contributed by atoms with Crippen LogP contribution < -0.4 is 0 Å². The van der Waals surface area contributed by atoms with Crippen LogP contribution in [-0.4, -0.2) is 17.0 Å². The predicted molar refractivity (Wildman–Crippen MR) is 53.5 cm³/mol. The number of halogens is 3. The molecule has 1 aromatic carbocycles. The molecule has 0 radical (unpaired) electrons. The molecule has 0 aliphatic carbocycles. The van der Waals surface area contributed by atoms with Crippen LogP contribution in [-0.2, 0) is 6.18 Å². The summed E-state index contributed by atoms with van der Waals surface area (Å²) < 4.78 is 38.3. The Bertz CT molecular complexity index is 537. The van der Waals surface area contributed by atoms with E-state index in [2.05, 4.69) is 0 Å². The second-order valence-corrected chi connectivity index (χ2v) is 3.35. The molecule has 96 valence electrons. The third-order valence-corrected chi connectivity index (χ3v) is 2.20. The van der Waals surface area contributed by atoms with E-state index in [-0.39, 0.29) is 6.29 Å². The first-order chi connectivity index (χ1) is 8.20. The summed E-state index contributed by atoms with van der Waals surface area (Å²) in [6, 6.07) is 1.39. The second-order valence-electron chi connectivity index (χ2n) is 3.35. The van der Waals surface area contributed by atoms with Gasteiger partial charge in [-0.25, -0.2) is 0 Å². The van der Waals surface area contributed by atoms with Gasteiger partial charge in [-0.2, -0.15) is 13.2 Å². The van der Waals surface area contributed by atoms with Crippen LogP contribution in [0.3, 0.4) is 0 Å². The Labute approximate surface area is 98.4 Å². The van der Waals surface area contributed by atoms with Gasteiger partial charge in [-0.15, -0.1) is 0 Å². The number of carbonyl (C=O) groups excluding carboxylic acids is 2. The van der Waals surface area contributed by atoms with E-state index in [1.165, 1.54) is 0 Å². The van der Waals surface area contributed by atoms with Crippen LogP contribution in [0.1, 0.15) is 33.2 Å². The van der Waals surface area contributed by atoms with Crippen LogP contribution >= 0.6 is 0 Å². The van der Waals surface area contributed by atoms with E-state index in [0.717, 1.165) is 6.92 Å². The highest BCUT2D eigenvalue weighted by Gasteiger charge is 2.40. The molecule has 0 heterocycles. The molecule has 0 unspecified atom stereocenters. The molecule has 0 aromatic heterocycles. The number of nitrogens with zero attached hydrogens (tertiary/aromatic N) is 1. The van der Waals surface area contributed by atoms with E-state index in [1.807, 2.05) is 0 Å². The monoisotopic (exact) mass is 261 g/mol. The minimum atomic E-state index is -5.02. The Morgan fingerprint density at radius 3 is 2.28 bits per heavy atom. The first-order valence-corrected chi connectivity index (χ1v) is 4.54. The number of carbonyl (C=O) groups is 2. The maximum atomic E-state index is 12.8. The van der Waals surface area contributed by atoms with Crippen molar-refractivity contribution in [2.45, 2.75) is 13.1 Å². The van der Waals surface area contributed by atoms with Crippen LogP contribution in [0.5, 0.6) is 0 Å². The zero-order valence-electron chi connectivity index (χ0n) is 8.95. The van der Waals surface area contributed by atoms with Crippen LogP contribution in [0.15, 0.2) is 12.1 Å². The Morgan fingerprint density at radius 1 is 1.39 bits per heavy atom. The summed E-state index contributed by atoms with van der Waals surface area (Å²) >= 11 is 0. The number of hydrogen-bond acceptors (Lipinski definition) is 4. The van der Waals surface area contributed by atoms with Gasteiger partial charge in [0.1, 0.15) is 5.56 Å². The number of benzene rings is 1. The molecule has 0 spiro atoms. The molecule has 0 N–H and O–H groups in total. The van der Waals surface area contributed by atoms with Gasteiger partial charge >= 0.3 is 6.18 Å². The van der Waals surface area contributed by atoms with Crippen molar-refractivity contribution in [3.05, 3.63) is 38.9 Å². The number of hydrogen-bond donors (Lipinski definition) is 0. The predicted octanol–water partition coefficient (Wildman–Crippen LogP) is 2.63. The van der Waals surface area contributed by atoms with Gasteiger partial charge in [-0.1, -0.05) is 0 Å². The van der Waals surface area contributed by atoms with Crippen molar-refractivity contribution in [1.82, 2.24) is 0 Å². The summed E-state index contributed by atoms with van der Waals surface area (Å²) in [7, 11) is 0. The summed E-state index contributed by atoms with van der Waals surface area (Å²) in [4.78, 5) is 31.2. The van der Waals surface area contributed by atoms with E-state index >= 15 is 0 Å². The van der Waals surface area contributed by atoms with Gasteiger partial charge in [0, 0.05) is 11.6 Å². The van der Waals surface area contributed by atoms with E-state index < -0.39 is 39.3 Å². The molecule has 0 atom stereocenters. The van der Waals surface area contributed by atoms with Gasteiger partial charge in [0.15, 0.2) is 12.1 Å². The third kappa shape index (κ3) is 2.36. The minimum absolute atomic E-state index is 0.270. The van der Waals surface area contributed by atoms with Crippen LogP contribution in [0.4, 0.5) is 18.9 Å². The molecule has 1 aromatic rings. The summed E-state index contributed by atoms with van der Waals surface area (Å²) in [6.07, 6.45) is -5.29. The molecule has 1 rings (SSSR count). The van der Waals surface area contributed by atoms with E-state index in [1.54, 1.807) is 0 Å². The summed E-state index contributed by atoms with van der Waals surface area (Å²) in [5.74, 6) is -0.930. The number of nitro groups is 1. The van der Waals surface area contributed by atoms with E-state index in [9.17, 15) is 32.9 Å². The standard InChI is InChI=1S/C10H6F3NO4/c1-5(16)6-2-3-8(14(17)18)7(4-15)9(6)10(11,12)13/h2-4H,1H3. The van der Waals surface area contributed by atoms with E-state index in [0.29, 0.717) is 12.1 Å². The maximum Gasteiger partial charge on any atom is 0.418 e. The van der Waals surface area contributed by atoms with Crippen molar-refractivity contribution in [2.75, 3.05) is 0 Å². The largest absolute Gasteiger partial charge is 0.418 e. The van der Waals surface area contributed by atoms with Crippen molar-refractivity contribution < 1.29 is 27.7 Å². The zero-order chi connectivity index (χ0) is 14.1. The molecule has 0 fully saturated rings. The number of nitro benzene ring substituents is 1. The van der Waals surface area contributed by atoms with Gasteiger partial charge in [-0.05, 0) is 13.0 Å². The zero-order valence-corrected chi connectivity index (χ0v) is 8.95. The number of Topliss-reactive ketones (excluding diaryl/α,β-unsaturated/α-hetero) is 1. The van der Waals surface area contributed by atoms with Crippen LogP contribution in [0.2, 0.25) is 0 Å². The van der Waals surface area contributed by atoms with Gasteiger partial charge in [0.2, 0.25) is 0 Å². The normalized spacial score (nSPS) is 11.1. The quantitative estimate of drug-likeness (QED) is 0.362. The lowest BCUT2D eigenvalue weighted by Gasteiger charge is -2.13. The topological polar surface area (TPSA) is 77.3 Å². The molecule has 0 bridgehead atoms. The molecule has 0 saturated heterocycles. The number of alkyl halides is 3. The molecular formula is C10H6F3NO4. The molecule has 8 heteroatoms. The first-order valence-electron chi connectivity index (χ1n) is 4.54. The van der Waals surface area contributed by atoms with Crippen LogP contribution in [0, 0.1) is 10.1 Å². The van der Waals surface area contributed by atoms with Crippen molar-refractivity contribution in [3.63, 3.8) is 0 Å². The maximum absolute atomic E-state index is 12.8. The molecular weight excluding hydrogens is 255 g/mol. The highest BCUT2D eigenvalue weighted by Crippen LogP contribution is 2.37. The number of ketones is 1. The van der Waals surface area contributed by atoms with Crippen molar-refractivity contribution in [3.8, 4) is 0 Å². The summed E-state index contributed by atoms with van der Waals surface area (Å²) in [6.45, 7) is 0.880. The number of aldehydes is 1. The molecule has 0 aliphatic rings. The molecule has 18 heavy (non-hydrogen) atoms.